The number of amides is 2. The summed E-state index contributed by atoms with van der Waals surface area (Å²) in [4.78, 5) is 24.3. The molecule has 2 N–H and O–H groups in total. The largest absolute Gasteiger partial charge is 0.272 e. The predicted octanol–water partition coefficient (Wildman–Crippen LogP) is 2.83. The van der Waals surface area contributed by atoms with Gasteiger partial charge >= 0.3 is 0 Å². The second kappa shape index (κ2) is 5.81. The van der Waals surface area contributed by atoms with Gasteiger partial charge in [0.2, 0.25) is 5.91 Å². The van der Waals surface area contributed by atoms with E-state index in [1.807, 2.05) is 18.2 Å². The zero-order chi connectivity index (χ0) is 15.6. The second-order valence-electron chi connectivity index (χ2n) is 5.36. The Labute approximate surface area is 133 Å². The Morgan fingerprint density at radius 1 is 0.909 bits per heavy atom. The molecule has 5 heteroatoms. The Hall–Kier alpha value is -2.33. The maximum atomic E-state index is 12.4. The molecule has 112 valence electrons. The number of carbonyl (C=O) groups is 2. The van der Waals surface area contributed by atoms with Crippen LogP contribution in [0.2, 0.25) is 5.02 Å². The van der Waals surface area contributed by atoms with Crippen molar-refractivity contribution in [2.75, 3.05) is 0 Å². The van der Waals surface area contributed by atoms with Gasteiger partial charge in [0.1, 0.15) is 0 Å². The lowest BCUT2D eigenvalue weighted by Crippen LogP contribution is -2.46. The fourth-order valence-corrected chi connectivity index (χ4v) is 2.56. The predicted molar refractivity (Wildman–Crippen MR) is 84.4 cm³/mol. The van der Waals surface area contributed by atoms with Gasteiger partial charge < -0.3 is 0 Å². The Bertz CT molecular complexity index is 694. The summed E-state index contributed by atoms with van der Waals surface area (Å²) in [6.45, 7) is 0. The molecule has 1 saturated carbocycles. The van der Waals surface area contributed by atoms with Crippen molar-refractivity contribution in [2.45, 2.75) is 18.3 Å². The normalized spacial score (nSPS) is 15.0. The molecule has 2 aromatic rings. The number of hydrazine groups is 1. The van der Waals surface area contributed by atoms with Gasteiger partial charge in [0.15, 0.2) is 0 Å². The van der Waals surface area contributed by atoms with E-state index >= 15 is 0 Å². The van der Waals surface area contributed by atoms with Crippen LogP contribution in [-0.2, 0) is 10.2 Å². The smallest absolute Gasteiger partial charge is 0.269 e. The van der Waals surface area contributed by atoms with E-state index in [1.165, 1.54) is 0 Å². The summed E-state index contributed by atoms with van der Waals surface area (Å²) in [5.41, 5.74) is 5.86. The van der Waals surface area contributed by atoms with Gasteiger partial charge in [0.25, 0.3) is 5.91 Å². The van der Waals surface area contributed by atoms with E-state index in [4.69, 9.17) is 11.6 Å². The van der Waals surface area contributed by atoms with Crippen molar-refractivity contribution < 1.29 is 9.59 Å². The third kappa shape index (κ3) is 2.83. The molecule has 0 aromatic heterocycles. The zero-order valence-corrected chi connectivity index (χ0v) is 12.6. The van der Waals surface area contributed by atoms with Crippen LogP contribution in [0.15, 0.2) is 54.6 Å². The first kappa shape index (κ1) is 14.6. The van der Waals surface area contributed by atoms with Crippen molar-refractivity contribution >= 4 is 23.4 Å². The molecule has 0 aliphatic heterocycles. The average Bonchev–Trinajstić information content (AvgIpc) is 3.35. The lowest BCUT2D eigenvalue weighted by atomic mass is 9.95. The summed E-state index contributed by atoms with van der Waals surface area (Å²) in [6.07, 6.45) is 1.53. The van der Waals surface area contributed by atoms with Crippen molar-refractivity contribution in [1.82, 2.24) is 10.9 Å². The summed E-state index contributed by atoms with van der Waals surface area (Å²) in [7, 11) is 0. The highest BCUT2D eigenvalue weighted by Gasteiger charge is 2.51. The minimum Gasteiger partial charge on any atom is -0.272 e. The Kier molecular flexibility index (Phi) is 3.86. The van der Waals surface area contributed by atoms with Crippen molar-refractivity contribution in [3.05, 3.63) is 70.7 Å². The van der Waals surface area contributed by atoms with Gasteiger partial charge in [-0.15, -0.1) is 0 Å². The third-order valence-corrected chi connectivity index (χ3v) is 4.16. The van der Waals surface area contributed by atoms with Gasteiger partial charge in [-0.1, -0.05) is 41.9 Å². The van der Waals surface area contributed by atoms with Gasteiger partial charge in [-0.2, -0.15) is 0 Å². The minimum atomic E-state index is -0.547. The molecule has 0 saturated heterocycles. The van der Waals surface area contributed by atoms with Crippen molar-refractivity contribution in [1.29, 1.82) is 0 Å². The van der Waals surface area contributed by atoms with Crippen LogP contribution in [0, 0.1) is 0 Å². The van der Waals surface area contributed by atoms with Gasteiger partial charge in [-0.05, 0) is 42.7 Å². The van der Waals surface area contributed by atoms with Crippen LogP contribution in [0.4, 0.5) is 0 Å². The second-order valence-corrected chi connectivity index (χ2v) is 5.80. The average molecular weight is 315 g/mol. The van der Waals surface area contributed by atoms with Crippen LogP contribution >= 0.6 is 11.6 Å². The number of rotatable bonds is 3. The molecule has 2 amide bonds. The van der Waals surface area contributed by atoms with Crippen molar-refractivity contribution in [2.24, 2.45) is 0 Å². The van der Waals surface area contributed by atoms with Gasteiger partial charge in [-0.3, -0.25) is 20.4 Å². The number of benzene rings is 2. The zero-order valence-electron chi connectivity index (χ0n) is 11.8. The van der Waals surface area contributed by atoms with Crippen LogP contribution < -0.4 is 10.9 Å². The molecule has 1 fully saturated rings. The molecule has 22 heavy (non-hydrogen) atoms. The van der Waals surface area contributed by atoms with E-state index in [-0.39, 0.29) is 11.8 Å². The standard InChI is InChI=1S/C17H15ClN2O2/c18-14-8-6-13(7-9-14)17(10-11-17)16(22)20-19-15(21)12-4-2-1-3-5-12/h1-9H,10-11H2,(H,19,21)(H,20,22). The molecule has 2 aromatic carbocycles. The first-order chi connectivity index (χ1) is 10.6. The molecule has 0 unspecified atom stereocenters. The van der Waals surface area contributed by atoms with Crippen molar-refractivity contribution in [3.8, 4) is 0 Å². The number of nitrogens with one attached hydrogen (secondary N) is 2. The van der Waals surface area contributed by atoms with Crippen LogP contribution in [0.3, 0.4) is 0 Å². The SMILES string of the molecule is O=C(NNC(=O)C1(c2ccc(Cl)cc2)CC1)c1ccccc1. The number of halogens is 1. The topological polar surface area (TPSA) is 58.2 Å². The molecular weight excluding hydrogens is 300 g/mol. The molecule has 0 atom stereocenters. The molecule has 0 spiro atoms. The maximum absolute atomic E-state index is 12.4. The Morgan fingerprint density at radius 2 is 1.55 bits per heavy atom. The highest BCUT2D eigenvalue weighted by atomic mass is 35.5. The van der Waals surface area contributed by atoms with Crippen molar-refractivity contribution in [3.63, 3.8) is 0 Å². The molecular formula is C17H15ClN2O2. The highest BCUT2D eigenvalue weighted by molar-refractivity contribution is 6.30. The highest BCUT2D eigenvalue weighted by Crippen LogP contribution is 2.48. The monoisotopic (exact) mass is 314 g/mol. The number of hydrogen-bond acceptors (Lipinski definition) is 2. The summed E-state index contributed by atoms with van der Waals surface area (Å²) >= 11 is 5.87. The number of hydrogen-bond donors (Lipinski definition) is 2. The molecule has 1 aliphatic carbocycles. The molecule has 4 nitrogen and oxygen atoms in total. The molecule has 0 bridgehead atoms. The minimum absolute atomic E-state index is 0.195. The van der Waals surface area contributed by atoms with Crippen LogP contribution in [-0.4, -0.2) is 11.8 Å². The van der Waals surface area contributed by atoms with E-state index in [0.29, 0.717) is 10.6 Å². The third-order valence-electron chi connectivity index (χ3n) is 3.91. The summed E-state index contributed by atoms with van der Waals surface area (Å²) < 4.78 is 0. The van der Waals surface area contributed by atoms with Crippen LogP contribution in [0.5, 0.6) is 0 Å². The summed E-state index contributed by atoms with van der Waals surface area (Å²) in [6, 6.07) is 16.0. The fourth-order valence-electron chi connectivity index (χ4n) is 2.44. The van der Waals surface area contributed by atoms with E-state index in [2.05, 4.69) is 10.9 Å². The lowest BCUT2D eigenvalue weighted by molar-refractivity contribution is -0.124. The van der Waals surface area contributed by atoms with Gasteiger partial charge in [0, 0.05) is 10.6 Å². The van der Waals surface area contributed by atoms with Crippen LogP contribution in [0.1, 0.15) is 28.8 Å². The molecule has 0 radical (unpaired) electrons. The number of carbonyl (C=O) groups excluding carboxylic acids is 2. The molecule has 1 aliphatic rings. The van der Waals surface area contributed by atoms with E-state index in [9.17, 15) is 9.59 Å². The first-order valence-corrected chi connectivity index (χ1v) is 7.41. The summed E-state index contributed by atoms with van der Waals surface area (Å²) in [5.74, 6) is -0.528. The maximum Gasteiger partial charge on any atom is 0.269 e. The quantitative estimate of drug-likeness (QED) is 0.856. The van der Waals surface area contributed by atoms with E-state index < -0.39 is 5.41 Å². The Balaban J connectivity index is 1.65. The lowest BCUT2D eigenvalue weighted by Gasteiger charge is -2.16. The van der Waals surface area contributed by atoms with Crippen LogP contribution in [0.25, 0.3) is 0 Å². The first-order valence-electron chi connectivity index (χ1n) is 7.04. The van der Waals surface area contributed by atoms with Gasteiger partial charge in [0.05, 0.1) is 5.41 Å². The summed E-state index contributed by atoms with van der Waals surface area (Å²) in [5, 5.41) is 0.636. The van der Waals surface area contributed by atoms with E-state index in [1.54, 1.807) is 36.4 Å². The van der Waals surface area contributed by atoms with E-state index in [0.717, 1.165) is 18.4 Å². The molecule has 3 rings (SSSR count). The molecule has 0 heterocycles. The Morgan fingerprint density at radius 3 is 2.14 bits per heavy atom. The van der Waals surface area contributed by atoms with Gasteiger partial charge in [-0.25, -0.2) is 0 Å². The fraction of sp³-hybridized carbons (Fsp3) is 0.176.